The first-order valence-corrected chi connectivity index (χ1v) is 10.1. The van der Waals surface area contributed by atoms with Crippen LogP contribution in [0, 0.1) is 35.5 Å². The van der Waals surface area contributed by atoms with Crippen LogP contribution in [0.25, 0.3) is 11.3 Å². The van der Waals surface area contributed by atoms with Crippen LogP contribution in [0.1, 0.15) is 22.5 Å². The first-order valence-electron chi connectivity index (χ1n) is 10.1. The average Bonchev–Trinajstić information content (AvgIpc) is 3.39. The summed E-state index contributed by atoms with van der Waals surface area (Å²) in [5, 5.41) is 14.3. The Kier molecular flexibility index (Phi) is 3.48. The molecule has 1 aromatic carbocycles. The van der Waals surface area contributed by atoms with Gasteiger partial charge in [-0.3, -0.25) is 9.59 Å². The van der Waals surface area contributed by atoms with Gasteiger partial charge < -0.3 is 9.52 Å². The highest BCUT2D eigenvalue weighted by Gasteiger charge is 2.67. The molecule has 1 aromatic heterocycles. The molecule has 2 bridgehead atoms. The lowest BCUT2D eigenvalue weighted by Gasteiger charge is -2.37. The number of nitrogens with zero attached hydrogens (tertiary/aromatic N) is 2. The first-order chi connectivity index (χ1) is 14.5. The van der Waals surface area contributed by atoms with Crippen molar-refractivity contribution in [3.63, 3.8) is 0 Å². The largest absolute Gasteiger partial charge is 0.478 e. The van der Waals surface area contributed by atoms with Crippen molar-refractivity contribution in [1.29, 1.82) is 0 Å². The summed E-state index contributed by atoms with van der Waals surface area (Å²) >= 11 is 0. The molecule has 30 heavy (non-hydrogen) atoms. The van der Waals surface area contributed by atoms with Gasteiger partial charge in [0, 0.05) is 5.56 Å². The number of carbonyl (C=O) groups is 3. The van der Waals surface area contributed by atoms with Crippen molar-refractivity contribution < 1.29 is 23.9 Å². The van der Waals surface area contributed by atoms with Gasteiger partial charge in [0.25, 0.3) is 11.8 Å². The van der Waals surface area contributed by atoms with E-state index in [1.54, 1.807) is 24.3 Å². The van der Waals surface area contributed by atoms with Crippen LogP contribution in [-0.4, -0.2) is 34.1 Å². The maximum atomic E-state index is 12.9. The summed E-state index contributed by atoms with van der Waals surface area (Å²) in [5.74, 6) is 0.292. The lowest BCUT2D eigenvalue weighted by Crippen LogP contribution is -2.40. The summed E-state index contributed by atoms with van der Waals surface area (Å²) < 4.78 is 5.73. The van der Waals surface area contributed by atoms with Crippen molar-refractivity contribution in [1.82, 2.24) is 5.01 Å². The smallest absolute Gasteiger partial charge is 0.335 e. The van der Waals surface area contributed by atoms with Gasteiger partial charge in [0.15, 0.2) is 0 Å². The van der Waals surface area contributed by atoms with Crippen LogP contribution < -0.4 is 0 Å². The number of carboxylic acids is 1. The zero-order valence-electron chi connectivity index (χ0n) is 15.8. The molecule has 7 nitrogen and oxygen atoms in total. The summed E-state index contributed by atoms with van der Waals surface area (Å²) in [6.45, 7) is 0. The highest BCUT2D eigenvalue weighted by molar-refractivity contribution is 6.06. The van der Waals surface area contributed by atoms with Gasteiger partial charge in [-0.05, 0) is 54.4 Å². The Morgan fingerprint density at radius 1 is 1.07 bits per heavy atom. The molecule has 1 saturated heterocycles. The van der Waals surface area contributed by atoms with E-state index in [4.69, 9.17) is 9.52 Å². The van der Waals surface area contributed by atoms with Gasteiger partial charge in [0.2, 0.25) is 0 Å². The monoisotopic (exact) mass is 402 g/mol. The molecule has 2 amide bonds. The number of hydrogen-bond donors (Lipinski definition) is 1. The Morgan fingerprint density at radius 2 is 1.77 bits per heavy atom. The molecular formula is C23H18N2O5. The van der Waals surface area contributed by atoms with Crippen molar-refractivity contribution >= 4 is 24.0 Å². The summed E-state index contributed by atoms with van der Waals surface area (Å²) in [7, 11) is 0. The number of rotatable bonds is 4. The Hall–Kier alpha value is -3.48. The van der Waals surface area contributed by atoms with E-state index < -0.39 is 5.97 Å². The van der Waals surface area contributed by atoms with Gasteiger partial charge in [0.05, 0.1) is 23.6 Å². The number of furan rings is 1. The maximum Gasteiger partial charge on any atom is 0.335 e. The molecule has 3 fully saturated rings. The van der Waals surface area contributed by atoms with Crippen LogP contribution in [0.15, 0.2) is 58.1 Å². The predicted octanol–water partition coefficient (Wildman–Crippen LogP) is 3.03. The molecule has 0 unspecified atom stereocenters. The third kappa shape index (κ3) is 2.38. The first kappa shape index (κ1) is 17.4. The average molecular weight is 402 g/mol. The van der Waals surface area contributed by atoms with E-state index in [0.717, 1.165) is 11.4 Å². The zero-order valence-corrected chi connectivity index (χ0v) is 15.8. The molecule has 7 rings (SSSR count). The zero-order chi connectivity index (χ0) is 20.6. The summed E-state index contributed by atoms with van der Waals surface area (Å²) in [6, 6.07) is 9.80. The second kappa shape index (κ2) is 6.01. The molecular weight excluding hydrogens is 384 g/mol. The SMILES string of the molecule is O=C(O)c1cccc(-c2ccc(/C=N\N3C(=O)[C@@H]4[C@H]5C=C[C@H]([C@H]6C[C@H]56)[C@@H]4C3=O)o2)c1. The minimum Gasteiger partial charge on any atom is -0.478 e. The van der Waals surface area contributed by atoms with Crippen molar-refractivity contribution in [2.75, 3.05) is 0 Å². The third-order valence-corrected chi connectivity index (χ3v) is 6.96. The number of amides is 2. The second-order valence-corrected chi connectivity index (χ2v) is 8.48. The molecule has 4 aliphatic carbocycles. The standard InChI is InChI=1S/C23H18N2O5/c26-21-19-14-5-6-15(17-9-16(14)17)20(19)22(27)25(21)24-10-13-4-7-18(30-13)11-2-1-3-12(8-11)23(28)29/h1-8,10,14-17,19-20H,9H2,(H,28,29)/b24-10-/t14-,15+,16-,17-,19+,20-/m1/s1. The van der Waals surface area contributed by atoms with Crippen LogP contribution in [0.3, 0.4) is 0 Å². The van der Waals surface area contributed by atoms with Crippen LogP contribution in [0.5, 0.6) is 0 Å². The fraction of sp³-hybridized carbons (Fsp3) is 0.304. The number of aromatic carboxylic acids is 1. The Balaban J connectivity index is 1.24. The summed E-state index contributed by atoms with van der Waals surface area (Å²) in [4.78, 5) is 37.0. The highest BCUT2D eigenvalue weighted by atomic mass is 16.4. The third-order valence-electron chi connectivity index (χ3n) is 6.96. The lowest BCUT2D eigenvalue weighted by molar-refractivity contribution is -0.140. The van der Waals surface area contributed by atoms with Crippen molar-refractivity contribution in [3.05, 3.63) is 59.9 Å². The highest BCUT2D eigenvalue weighted by Crippen LogP contribution is 2.65. The molecule has 7 heteroatoms. The number of hydrazone groups is 1. The Morgan fingerprint density at radius 3 is 2.43 bits per heavy atom. The topological polar surface area (TPSA) is 100 Å². The van der Waals surface area contributed by atoms with E-state index in [2.05, 4.69) is 17.3 Å². The molecule has 5 aliphatic rings. The molecule has 150 valence electrons. The summed E-state index contributed by atoms with van der Waals surface area (Å²) in [6.07, 6.45) is 6.75. The fourth-order valence-electron chi connectivity index (χ4n) is 5.55. The van der Waals surface area contributed by atoms with Gasteiger partial charge >= 0.3 is 5.97 Å². The molecule has 6 atom stereocenters. The predicted molar refractivity (Wildman–Crippen MR) is 105 cm³/mol. The van der Waals surface area contributed by atoms with E-state index >= 15 is 0 Å². The normalized spacial score (nSPS) is 33.3. The van der Waals surface area contributed by atoms with E-state index in [9.17, 15) is 14.4 Å². The van der Waals surface area contributed by atoms with Crippen LogP contribution in [0.4, 0.5) is 0 Å². The lowest BCUT2D eigenvalue weighted by atomic mass is 9.63. The van der Waals surface area contributed by atoms with Gasteiger partial charge in [-0.1, -0.05) is 24.3 Å². The molecule has 2 saturated carbocycles. The van der Waals surface area contributed by atoms with Crippen LogP contribution in [-0.2, 0) is 9.59 Å². The fourth-order valence-corrected chi connectivity index (χ4v) is 5.55. The van der Waals surface area contributed by atoms with Crippen molar-refractivity contribution in [2.24, 2.45) is 40.6 Å². The number of allylic oxidation sites excluding steroid dienone is 2. The van der Waals surface area contributed by atoms with Gasteiger partial charge in [0.1, 0.15) is 11.5 Å². The number of benzene rings is 1. The number of hydrogen-bond acceptors (Lipinski definition) is 5. The molecule has 1 aliphatic heterocycles. The quantitative estimate of drug-likeness (QED) is 0.481. The molecule has 2 heterocycles. The minimum atomic E-state index is -1.01. The number of carboxylic acid groups (broad SMARTS) is 1. The maximum absolute atomic E-state index is 12.9. The van der Waals surface area contributed by atoms with E-state index in [1.807, 2.05) is 0 Å². The molecule has 2 aromatic rings. The van der Waals surface area contributed by atoms with Gasteiger partial charge in [-0.15, -0.1) is 0 Å². The van der Waals surface area contributed by atoms with Crippen molar-refractivity contribution in [3.8, 4) is 11.3 Å². The van der Waals surface area contributed by atoms with E-state index in [0.29, 0.717) is 28.9 Å². The molecule has 0 spiro atoms. The van der Waals surface area contributed by atoms with E-state index in [1.165, 1.54) is 18.3 Å². The molecule has 0 radical (unpaired) electrons. The Bertz CT molecular complexity index is 1130. The minimum absolute atomic E-state index is 0.163. The van der Waals surface area contributed by atoms with Crippen molar-refractivity contribution in [2.45, 2.75) is 6.42 Å². The number of imide groups is 1. The Labute approximate surface area is 171 Å². The van der Waals surface area contributed by atoms with Gasteiger partial charge in [-0.2, -0.15) is 10.1 Å². The van der Waals surface area contributed by atoms with Crippen LogP contribution in [0.2, 0.25) is 0 Å². The molecule has 1 N–H and O–H groups in total. The number of carbonyl (C=O) groups excluding carboxylic acids is 2. The van der Waals surface area contributed by atoms with Gasteiger partial charge in [-0.25, -0.2) is 4.79 Å². The second-order valence-electron chi connectivity index (χ2n) is 8.48. The summed E-state index contributed by atoms with van der Waals surface area (Å²) in [5.41, 5.74) is 0.784. The van der Waals surface area contributed by atoms with Crippen LogP contribution >= 0.6 is 0 Å². The van der Waals surface area contributed by atoms with E-state index in [-0.39, 0.29) is 41.0 Å².